The summed E-state index contributed by atoms with van der Waals surface area (Å²) in [7, 11) is 0. The standard InChI is InChI=1S/C22H15Cl2FN2O4/c23-16-7-6-14(10-15(16)22(29)30)26-11-13-5-8-20(17(24)9-13)31-12-21(28)27-19-4-2-1-3-18(19)25/h1-11H,12H2,(H,27,28)(H,29,30). The van der Waals surface area contributed by atoms with Gasteiger partial charge >= 0.3 is 5.97 Å². The zero-order valence-electron chi connectivity index (χ0n) is 15.8. The first-order valence-electron chi connectivity index (χ1n) is 8.87. The molecule has 9 heteroatoms. The second kappa shape index (κ2) is 10.1. The molecule has 1 amide bonds. The predicted octanol–water partition coefficient (Wildman–Crippen LogP) is 5.60. The van der Waals surface area contributed by atoms with Crippen molar-refractivity contribution in [2.24, 2.45) is 4.99 Å². The number of carboxylic acids is 1. The maximum absolute atomic E-state index is 13.6. The van der Waals surface area contributed by atoms with Gasteiger partial charge in [0.05, 0.1) is 27.0 Å². The summed E-state index contributed by atoms with van der Waals surface area (Å²) in [5.74, 6) is -1.97. The quantitative estimate of drug-likeness (QED) is 0.449. The molecule has 0 aromatic heterocycles. The number of nitrogens with one attached hydrogen (secondary N) is 1. The Bertz CT molecular complexity index is 1170. The van der Waals surface area contributed by atoms with Crippen LogP contribution in [0.4, 0.5) is 15.8 Å². The van der Waals surface area contributed by atoms with Gasteiger partial charge in [-0.15, -0.1) is 0 Å². The molecule has 0 radical (unpaired) electrons. The van der Waals surface area contributed by atoms with E-state index < -0.39 is 17.7 Å². The van der Waals surface area contributed by atoms with Crippen LogP contribution in [0.3, 0.4) is 0 Å². The molecule has 0 saturated carbocycles. The molecule has 31 heavy (non-hydrogen) atoms. The highest BCUT2D eigenvalue weighted by molar-refractivity contribution is 6.33. The van der Waals surface area contributed by atoms with Crippen LogP contribution < -0.4 is 10.1 Å². The number of carboxylic acid groups (broad SMARTS) is 1. The van der Waals surface area contributed by atoms with Crippen LogP contribution in [0.1, 0.15) is 15.9 Å². The van der Waals surface area contributed by atoms with E-state index in [1.165, 1.54) is 36.5 Å². The number of hydrogen-bond donors (Lipinski definition) is 2. The van der Waals surface area contributed by atoms with Gasteiger partial charge in [-0.25, -0.2) is 9.18 Å². The van der Waals surface area contributed by atoms with Crippen molar-refractivity contribution in [3.63, 3.8) is 0 Å². The molecule has 3 aromatic rings. The average Bonchev–Trinajstić information content (AvgIpc) is 2.74. The minimum Gasteiger partial charge on any atom is -0.482 e. The summed E-state index contributed by atoms with van der Waals surface area (Å²) in [6, 6.07) is 15.0. The number of amides is 1. The number of aromatic carboxylic acids is 1. The summed E-state index contributed by atoms with van der Waals surface area (Å²) in [4.78, 5) is 27.3. The summed E-state index contributed by atoms with van der Waals surface area (Å²) >= 11 is 12.0. The molecule has 0 aliphatic carbocycles. The number of carbonyl (C=O) groups is 2. The number of nitrogens with zero attached hydrogens (tertiary/aromatic N) is 1. The molecule has 0 bridgehead atoms. The predicted molar refractivity (Wildman–Crippen MR) is 118 cm³/mol. The van der Waals surface area contributed by atoms with E-state index in [1.54, 1.807) is 30.3 Å². The first-order valence-corrected chi connectivity index (χ1v) is 9.62. The maximum Gasteiger partial charge on any atom is 0.337 e. The zero-order valence-corrected chi connectivity index (χ0v) is 17.3. The molecule has 3 aromatic carbocycles. The first-order chi connectivity index (χ1) is 14.8. The van der Waals surface area contributed by atoms with E-state index in [-0.39, 0.29) is 33.7 Å². The highest BCUT2D eigenvalue weighted by atomic mass is 35.5. The van der Waals surface area contributed by atoms with E-state index in [9.17, 15) is 14.0 Å². The lowest BCUT2D eigenvalue weighted by Crippen LogP contribution is -2.20. The van der Waals surface area contributed by atoms with Gasteiger partial charge in [-0.05, 0) is 54.1 Å². The van der Waals surface area contributed by atoms with Gasteiger partial charge in [0, 0.05) is 6.21 Å². The second-order valence-electron chi connectivity index (χ2n) is 6.23. The third kappa shape index (κ3) is 6.04. The third-order valence-electron chi connectivity index (χ3n) is 4.01. The molecule has 3 rings (SSSR count). The molecule has 2 N–H and O–H groups in total. The van der Waals surface area contributed by atoms with Gasteiger partial charge in [0.25, 0.3) is 5.91 Å². The summed E-state index contributed by atoms with van der Waals surface area (Å²) in [5.41, 5.74) is 1.04. The number of halogens is 3. The largest absolute Gasteiger partial charge is 0.482 e. The zero-order chi connectivity index (χ0) is 22.4. The van der Waals surface area contributed by atoms with Gasteiger partial charge in [-0.1, -0.05) is 35.3 Å². The fraction of sp³-hybridized carbons (Fsp3) is 0.0455. The van der Waals surface area contributed by atoms with E-state index in [2.05, 4.69) is 10.3 Å². The van der Waals surface area contributed by atoms with Crippen molar-refractivity contribution in [2.45, 2.75) is 0 Å². The summed E-state index contributed by atoms with van der Waals surface area (Å²) < 4.78 is 19.0. The Hall–Kier alpha value is -3.42. The van der Waals surface area contributed by atoms with E-state index in [0.717, 1.165) is 0 Å². The van der Waals surface area contributed by atoms with Crippen molar-refractivity contribution in [3.05, 3.63) is 87.7 Å². The van der Waals surface area contributed by atoms with Crippen LogP contribution in [0.15, 0.2) is 65.7 Å². The number of para-hydroxylation sites is 1. The lowest BCUT2D eigenvalue weighted by Gasteiger charge is -2.09. The third-order valence-corrected chi connectivity index (χ3v) is 4.63. The highest BCUT2D eigenvalue weighted by Gasteiger charge is 2.10. The fourth-order valence-corrected chi connectivity index (χ4v) is 2.96. The SMILES string of the molecule is O=C(COc1ccc(C=Nc2ccc(Cl)c(C(=O)O)c2)cc1Cl)Nc1ccccc1F. The van der Waals surface area contributed by atoms with Crippen molar-refractivity contribution in [1.82, 2.24) is 0 Å². The molecule has 0 fully saturated rings. The van der Waals surface area contributed by atoms with Crippen LogP contribution in [0.25, 0.3) is 0 Å². The van der Waals surface area contributed by atoms with E-state index >= 15 is 0 Å². The molecule has 0 unspecified atom stereocenters. The first kappa shape index (κ1) is 22.3. The molecule has 0 heterocycles. The van der Waals surface area contributed by atoms with Gasteiger partial charge < -0.3 is 15.2 Å². The lowest BCUT2D eigenvalue weighted by atomic mass is 10.2. The molecule has 6 nitrogen and oxygen atoms in total. The van der Waals surface area contributed by atoms with E-state index in [1.807, 2.05) is 0 Å². The normalized spacial score (nSPS) is 10.8. The molecular weight excluding hydrogens is 446 g/mol. The van der Waals surface area contributed by atoms with Crippen molar-refractivity contribution in [2.75, 3.05) is 11.9 Å². The van der Waals surface area contributed by atoms with Crippen LogP contribution in [0.2, 0.25) is 10.0 Å². The lowest BCUT2D eigenvalue weighted by molar-refractivity contribution is -0.118. The van der Waals surface area contributed by atoms with Crippen molar-refractivity contribution >= 4 is 52.7 Å². The monoisotopic (exact) mass is 460 g/mol. The maximum atomic E-state index is 13.6. The molecule has 0 atom stereocenters. The van der Waals surface area contributed by atoms with Gasteiger partial charge in [-0.2, -0.15) is 0 Å². The van der Waals surface area contributed by atoms with Crippen LogP contribution in [-0.4, -0.2) is 29.8 Å². The molecule has 0 saturated heterocycles. The number of ether oxygens (including phenoxy) is 1. The van der Waals surface area contributed by atoms with Crippen molar-refractivity contribution in [3.8, 4) is 5.75 Å². The van der Waals surface area contributed by atoms with Crippen LogP contribution >= 0.6 is 23.2 Å². The van der Waals surface area contributed by atoms with E-state index in [4.69, 9.17) is 33.0 Å². The Balaban J connectivity index is 1.63. The average molecular weight is 461 g/mol. The highest BCUT2D eigenvalue weighted by Crippen LogP contribution is 2.26. The summed E-state index contributed by atoms with van der Waals surface area (Å²) in [6.07, 6.45) is 1.50. The van der Waals surface area contributed by atoms with Crippen molar-refractivity contribution < 1.29 is 23.8 Å². The number of hydrogen-bond acceptors (Lipinski definition) is 4. The molecule has 158 valence electrons. The van der Waals surface area contributed by atoms with Gasteiger partial charge in [0.15, 0.2) is 6.61 Å². The second-order valence-corrected chi connectivity index (χ2v) is 7.05. The van der Waals surface area contributed by atoms with Gasteiger partial charge in [0.2, 0.25) is 0 Å². The Morgan fingerprint density at radius 3 is 2.55 bits per heavy atom. The number of aliphatic imine (C=N–C) groups is 1. The van der Waals surface area contributed by atoms with Gasteiger partial charge in [0.1, 0.15) is 11.6 Å². The summed E-state index contributed by atoms with van der Waals surface area (Å²) in [5, 5.41) is 11.9. The smallest absolute Gasteiger partial charge is 0.337 e. The minimum absolute atomic E-state index is 0.0493. The minimum atomic E-state index is -1.15. The van der Waals surface area contributed by atoms with E-state index in [0.29, 0.717) is 11.3 Å². The molecular formula is C22H15Cl2FN2O4. The Morgan fingerprint density at radius 1 is 1.06 bits per heavy atom. The van der Waals surface area contributed by atoms with Crippen LogP contribution in [-0.2, 0) is 4.79 Å². The molecule has 0 aliphatic heterocycles. The Labute approximate surface area is 186 Å². The number of anilines is 1. The number of rotatable bonds is 7. The van der Waals surface area contributed by atoms with Gasteiger partial charge in [-0.3, -0.25) is 9.79 Å². The van der Waals surface area contributed by atoms with Crippen LogP contribution in [0, 0.1) is 5.82 Å². The number of benzene rings is 3. The molecule has 0 spiro atoms. The van der Waals surface area contributed by atoms with Crippen LogP contribution in [0.5, 0.6) is 5.75 Å². The Kier molecular flexibility index (Phi) is 7.23. The van der Waals surface area contributed by atoms with Crippen molar-refractivity contribution in [1.29, 1.82) is 0 Å². The number of carbonyl (C=O) groups excluding carboxylic acids is 1. The Morgan fingerprint density at radius 2 is 1.84 bits per heavy atom. The summed E-state index contributed by atoms with van der Waals surface area (Å²) in [6.45, 7) is -0.357. The topological polar surface area (TPSA) is 88.0 Å². The molecule has 0 aliphatic rings. The fourth-order valence-electron chi connectivity index (χ4n) is 2.51.